The lowest BCUT2D eigenvalue weighted by atomic mass is 9.99. The van der Waals surface area contributed by atoms with Crippen LogP contribution in [0.25, 0.3) is 11.0 Å². The number of nitrogens with one attached hydrogen (secondary N) is 1. The molecule has 0 saturated carbocycles. The Labute approximate surface area is 166 Å². The number of aromatic nitrogens is 3. The molecule has 0 aliphatic carbocycles. The smallest absolute Gasteiger partial charge is 0.244 e. The van der Waals surface area contributed by atoms with E-state index in [0.717, 1.165) is 12.0 Å². The van der Waals surface area contributed by atoms with Gasteiger partial charge in [0.2, 0.25) is 12.2 Å². The van der Waals surface area contributed by atoms with Gasteiger partial charge in [0, 0.05) is 6.20 Å². The lowest BCUT2D eigenvalue weighted by Gasteiger charge is -2.39. The van der Waals surface area contributed by atoms with Gasteiger partial charge in [0.15, 0.2) is 5.65 Å². The molecule has 0 amide bonds. The molecule has 1 unspecified atom stereocenters. The van der Waals surface area contributed by atoms with Crippen LogP contribution in [0.5, 0.6) is 5.88 Å². The predicted octanol–water partition coefficient (Wildman–Crippen LogP) is -0.0782. The predicted molar refractivity (Wildman–Crippen MR) is 102 cm³/mol. The van der Waals surface area contributed by atoms with Crippen molar-refractivity contribution in [1.82, 2.24) is 15.2 Å². The number of ether oxygens (including phenoxy) is 2. The highest BCUT2D eigenvalue weighted by molar-refractivity contribution is 5.84. The zero-order chi connectivity index (χ0) is 20.4. The molecule has 5 atom stereocenters. The summed E-state index contributed by atoms with van der Waals surface area (Å²) in [4.78, 5) is 4.26. The van der Waals surface area contributed by atoms with E-state index in [0.29, 0.717) is 17.5 Å². The zero-order valence-electron chi connectivity index (χ0n) is 15.5. The maximum Gasteiger partial charge on any atom is 0.244 e. The fourth-order valence-corrected chi connectivity index (χ4v) is 3.48. The van der Waals surface area contributed by atoms with Gasteiger partial charge in [-0.1, -0.05) is 30.3 Å². The first kappa shape index (κ1) is 19.7. The highest BCUT2D eigenvalue weighted by Gasteiger charge is 2.45. The molecule has 1 aliphatic heterocycles. The number of pyridine rings is 1. The van der Waals surface area contributed by atoms with E-state index in [1.54, 1.807) is 6.20 Å². The minimum absolute atomic E-state index is 0.167. The summed E-state index contributed by atoms with van der Waals surface area (Å²) in [5.41, 5.74) is 2.67. The molecule has 0 spiro atoms. The van der Waals surface area contributed by atoms with Crippen LogP contribution in [0, 0.1) is 0 Å². The molecular formula is C20H23N3O6. The molecule has 0 bridgehead atoms. The molecule has 1 aliphatic rings. The maximum absolute atomic E-state index is 10.2. The van der Waals surface area contributed by atoms with E-state index in [-0.39, 0.29) is 5.88 Å². The molecule has 154 valence electrons. The maximum atomic E-state index is 10.2. The van der Waals surface area contributed by atoms with E-state index in [1.165, 1.54) is 5.56 Å². The van der Waals surface area contributed by atoms with Gasteiger partial charge in [-0.2, -0.15) is 0 Å². The Kier molecular flexibility index (Phi) is 5.74. The third-order valence-electron chi connectivity index (χ3n) is 5.12. The Hall–Kier alpha value is -2.56. The van der Waals surface area contributed by atoms with E-state index in [9.17, 15) is 20.4 Å². The molecular weight excluding hydrogens is 378 g/mol. The fourth-order valence-electron chi connectivity index (χ4n) is 3.48. The lowest BCUT2D eigenvalue weighted by Crippen LogP contribution is -2.60. The van der Waals surface area contributed by atoms with Crippen molar-refractivity contribution in [3.05, 3.63) is 53.7 Å². The second kappa shape index (κ2) is 8.44. The standard InChI is InChI=1S/C20H23N3O6/c24-10-13-15(25)16(26)17(27)20(28-13)29-19-14-12(8-9-21-18(14)22-23-19)7-6-11-4-2-1-3-5-11/h1-5,8-9,13,15-17,20,24-27H,6-7,10H2,(H,21,22,23)/t13-,15-,16+,17-,20?/m1/s1. The first-order valence-electron chi connectivity index (χ1n) is 9.41. The fraction of sp³-hybridized carbons (Fsp3) is 0.400. The van der Waals surface area contributed by atoms with E-state index in [1.807, 2.05) is 24.3 Å². The van der Waals surface area contributed by atoms with Crippen molar-refractivity contribution in [3.8, 4) is 5.88 Å². The first-order chi connectivity index (χ1) is 14.1. The molecule has 29 heavy (non-hydrogen) atoms. The van der Waals surface area contributed by atoms with Crippen LogP contribution in [0.3, 0.4) is 0 Å². The number of hydrogen-bond acceptors (Lipinski definition) is 8. The lowest BCUT2D eigenvalue weighted by molar-refractivity contribution is -0.277. The van der Waals surface area contributed by atoms with Gasteiger partial charge in [-0.05, 0) is 30.0 Å². The molecule has 4 rings (SSSR count). The van der Waals surface area contributed by atoms with Gasteiger partial charge in [0.1, 0.15) is 24.4 Å². The Morgan fingerprint density at radius 2 is 1.79 bits per heavy atom. The molecule has 1 fully saturated rings. The van der Waals surface area contributed by atoms with Gasteiger partial charge in [-0.25, -0.2) is 4.98 Å². The van der Waals surface area contributed by atoms with Crippen molar-refractivity contribution in [2.75, 3.05) is 6.61 Å². The molecule has 5 N–H and O–H groups in total. The molecule has 3 aromatic rings. The van der Waals surface area contributed by atoms with E-state index >= 15 is 0 Å². The molecule has 2 aromatic heterocycles. The molecule has 3 heterocycles. The highest BCUT2D eigenvalue weighted by atomic mass is 16.7. The van der Waals surface area contributed by atoms with Crippen LogP contribution < -0.4 is 4.74 Å². The van der Waals surface area contributed by atoms with E-state index < -0.39 is 37.3 Å². The number of hydrogen-bond donors (Lipinski definition) is 5. The topological polar surface area (TPSA) is 141 Å². The molecule has 1 aromatic carbocycles. The minimum Gasteiger partial charge on any atom is -0.443 e. The number of aryl methyl sites for hydroxylation is 2. The van der Waals surface area contributed by atoms with Crippen molar-refractivity contribution in [3.63, 3.8) is 0 Å². The summed E-state index contributed by atoms with van der Waals surface area (Å²) in [5, 5.41) is 47.0. The highest BCUT2D eigenvalue weighted by Crippen LogP contribution is 2.30. The van der Waals surface area contributed by atoms with Crippen LogP contribution >= 0.6 is 0 Å². The van der Waals surface area contributed by atoms with Crippen LogP contribution in [0.4, 0.5) is 0 Å². The van der Waals surface area contributed by atoms with Gasteiger partial charge in [0.25, 0.3) is 0 Å². The summed E-state index contributed by atoms with van der Waals surface area (Å²) in [6.45, 7) is -0.532. The largest absolute Gasteiger partial charge is 0.443 e. The van der Waals surface area contributed by atoms with Crippen molar-refractivity contribution >= 4 is 11.0 Å². The van der Waals surface area contributed by atoms with E-state index in [4.69, 9.17) is 9.47 Å². The van der Waals surface area contributed by atoms with Gasteiger partial charge < -0.3 is 29.9 Å². The second-order valence-corrected chi connectivity index (χ2v) is 7.02. The van der Waals surface area contributed by atoms with Crippen molar-refractivity contribution in [2.45, 2.75) is 43.5 Å². The van der Waals surface area contributed by atoms with E-state index in [2.05, 4.69) is 27.3 Å². The summed E-state index contributed by atoms with van der Waals surface area (Å²) in [5.74, 6) is 0.167. The number of benzene rings is 1. The van der Waals surface area contributed by atoms with Crippen molar-refractivity contribution in [2.24, 2.45) is 0 Å². The third kappa shape index (κ3) is 3.96. The third-order valence-corrected chi connectivity index (χ3v) is 5.12. The number of H-pyrrole nitrogens is 1. The Bertz CT molecular complexity index is 948. The van der Waals surface area contributed by atoms with Gasteiger partial charge in [0.05, 0.1) is 12.0 Å². The Morgan fingerprint density at radius 1 is 1.00 bits per heavy atom. The second-order valence-electron chi connectivity index (χ2n) is 7.02. The SMILES string of the molecule is OC[C@H]1OC(Oc2n[nH]c3nccc(CCc4ccccc4)c23)[C@H](O)[C@@H](O)[C@@H]1O. The van der Waals surface area contributed by atoms with Crippen LogP contribution in [0.2, 0.25) is 0 Å². The van der Waals surface area contributed by atoms with Crippen molar-refractivity contribution in [1.29, 1.82) is 0 Å². The average Bonchev–Trinajstić information content (AvgIpc) is 3.17. The normalized spacial score (nSPS) is 27.2. The molecule has 0 radical (unpaired) electrons. The van der Waals surface area contributed by atoms with Crippen molar-refractivity contribution < 1.29 is 29.9 Å². The summed E-state index contributed by atoms with van der Waals surface area (Å²) >= 11 is 0. The number of rotatable bonds is 6. The number of fused-ring (bicyclic) bond motifs is 1. The monoisotopic (exact) mass is 401 g/mol. The van der Waals surface area contributed by atoms with Crippen LogP contribution in [0.1, 0.15) is 11.1 Å². The Balaban J connectivity index is 1.58. The van der Waals surface area contributed by atoms with Gasteiger partial charge >= 0.3 is 0 Å². The molecule has 9 heteroatoms. The Morgan fingerprint density at radius 3 is 2.55 bits per heavy atom. The van der Waals surface area contributed by atoms with Crippen LogP contribution in [-0.2, 0) is 17.6 Å². The summed E-state index contributed by atoms with van der Waals surface area (Å²) in [7, 11) is 0. The zero-order valence-corrected chi connectivity index (χ0v) is 15.5. The van der Waals surface area contributed by atoms with Gasteiger partial charge in [-0.3, -0.25) is 5.10 Å². The number of aromatic amines is 1. The first-order valence-corrected chi connectivity index (χ1v) is 9.41. The molecule has 9 nitrogen and oxygen atoms in total. The number of aliphatic hydroxyl groups excluding tert-OH is 4. The van der Waals surface area contributed by atoms with Gasteiger partial charge in [-0.15, -0.1) is 5.10 Å². The minimum atomic E-state index is -1.52. The summed E-state index contributed by atoms with van der Waals surface area (Å²) < 4.78 is 11.1. The number of aliphatic hydroxyl groups is 4. The summed E-state index contributed by atoms with van der Waals surface area (Å²) in [6, 6.07) is 11.9. The summed E-state index contributed by atoms with van der Waals surface area (Å²) in [6.07, 6.45) is -3.64. The quantitative estimate of drug-likeness (QED) is 0.386. The van der Waals surface area contributed by atoms with Crippen LogP contribution in [0.15, 0.2) is 42.6 Å². The average molecular weight is 401 g/mol. The molecule has 1 saturated heterocycles. The van der Waals surface area contributed by atoms with Crippen LogP contribution in [-0.4, -0.2) is 72.9 Å². The number of nitrogens with zero attached hydrogens (tertiary/aromatic N) is 2.